The zero-order valence-corrected chi connectivity index (χ0v) is 14.5. The summed E-state index contributed by atoms with van der Waals surface area (Å²) < 4.78 is 1.18. The van der Waals surface area contributed by atoms with Crippen LogP contribution in [0.1, 0.15) is 44.2 Å². The second-order valence-electron chi connectivity index (χ2n) is 5.81. The molecule has 1 atom stereocenters. The predicted octanol–water partition coefficient (Wildman–Crippen LogP) is 3.34. The first-order valence-electron chi connectivity index (χ1n) is 8.09. The van der Waals surface area contributed by atoms with Crippen LogP contribution in [0.25, 0.3) is 0 Å². The average Bonchev–Trinajstić information content (AvgIpc) is 3.32. The Morgan fingerprint density at radius 3 is 2.71 bits per heavy atom. The maximum atomic E-state index is 9.22. The molecule has 1 saturated carbocycles. The molecule has 0 bridgehead atoms. The lowest BCUT2D eigenvalue weighted by Crippen LogP contribution is -2.33. The fourth-order valence-corrected chi connectivity index (χ4v) is 3.34. The lowest BCUT2D eigenvalue weighted by Gasteiger charge is -2.26. The number of nitrogens with zero attached hydrogens (tertiary/aromatic N) is 1. The van der Waals surface area contributed by atoms with Gasteiger partial charge in [-0.2, -0.15) is 0 Å². The van der Waals surface area contributed by atoms with Crippen molar-refractivity contribution in [1.29, 1.82) is 0 Å². The highest BCUT2D eigenvalue weighted by atomic mass is 79.9. The van der Waals surface area contributed by atoms with Crippen molar-refractivity contribution in [2.24, 2.45) is 0 Å². The molecule has 0 heterocycles. The Labute approximate surface area is 136 Å². The van der Waals surface area contributed by atoms with Gasteiger partial charge in [-0.15, -0.1) is 0 Å². The van der Waals surface area contributed by atoms with Crippen molar-refractivity contribution in [2.45, 2.75) is 44.7 Å². The van der Waals surface area contributed by atoms with Gasteiger partial charge in [0.2, 0.25) is 0 Å². The van der Waals surface area contributed by atoms with Crippen molar-refractivity contribution in [3.8, 4) is 0 Å². The molecule has 0 amide bonds. The number of rotatable bonds is 10. The van der Waals surface area contributed by atoms with Gasteiger partial charge >= 0.3 is 0 Å². The summed E-state index contributed by atoms with van der Waals surface area (Å²) >= 11 is 3.67. The molecule has 1 aliphatic rings. The summed E-state index contributed by atoms with van der Waals surface area (Å²) in [6.07, 6.45) is 4.81. The van der Waals surface area contributed by atoms with Gasteiger partial charge in [-0.3, -0.25) is 4.90 Å². The summed E-state index contributed by atoms with van der Waals surface area (Å²) in [5.41, 5.74) is 1.34. The summed E-state index contributed by atoms with van der Waals surface area (Å²) in [6.45, 7) is 5.36. The van der Waals surface area contributed by atoms with Crippen LogP contribution >= 0.6 is 15.9 Å². The number of nitrogens with one attached hydrogen (secondary N) is 1. The molecule has 1 aromatic rings. The van der Waals surface area contributed by atoms with E-state index in [0.717, 1.165) is 32.5 Å². The molecule has 3 nitrogen and oxygen atoms in total. The molecular weight excluding hydrogens is 328 g/mol. The number of aliphatic hydroxyl groups is 1. The van der Waals surface area contributed by atoms with Gasteiger partial charge in [0.25, 0.3) is 0 Å². The van der Waals surface area contributed by atoms with E-state index in [1.165, 1.54) is 22.9 Å². The SMILES string of the molecule is CCCNC(CCN(CCO)C1CC1)c1ccccc1Br. The Morgan fingerprint density at radius 1 is 1.33 bits per heavy atom. The van der Waals surface area contributed by atoms with Gasteiger partial charge in [0.15, 0.2) is 0 Å². The van der Waals surface area contributed by atoms with E-state index in [-0.39, 0.29) is 6.61 Å². The number of benzene rings is 1. The molecule has 1 unspecified atom stereocenters. The minimum Gasteiger partial charge on any atom is -0.395 e. The topological polar surface area (TPSA) is 35.5 Å². The molecule has 1 aromatic carbocycles. The molecule has 0 spiro atoms. The molecular formula is C17H27BrN2O. The number of aliphatic hydroxyl groups excluding tert-OH is 1. The zero-order chi connectivity index (χ0) is 15.1. The van der Waals surface area contributed by atoms with Gasteiger partial charge < -0.3 is 10.4 Å². The highest BCUT2D eigenvalue weighted by Crippen LogP contribution is 2.29. The maximum Gasteiger partial charge on any atom is 0.0558 e. The Hall–Kier alpha value is -0.420. The van der Waals surface area contributed by atoms with Crippen LogP contribution in [0.4, 0.5) is 0 Å². The maximum absolute atomic E-state index is 9.22. The van der Waals surface area contributed by atoms with Crippen LogP contribution < -0.4 is 5.32 Å². The molecule has 2 rings (SSSR count). The largest absolute Gasteiger partial charge is 0.395 e. The second-order valence-corrected chi connectivity index (χ2v) is 6.66. The van der Waals surface area contributed by atoms with Crippen molar-refractivity contribution < 1.29 is 5.11 Å². The quantitative estimate of drug-likeness (QED) is 0.676. The van der Waals surface area contributed by atoms with E-state index >= 15 is 0 Å². The minimum absolute atomic E-state index is 0.262. The van der Waals surface area contributed by atoms with E-state index in [9.17, 15) is 5.11 Å². The Kier molecular flexibility index (Phi) is 7.17. The third-order valence-electron chi connectivity index (χ3n) is 4.08. The van der Waals surface area contributed by atoms with E-state index in [4.69, 9.17) is 0 Å². The Balaban J connectivity index is 1.97. The molecule has 21 heavy (non-hydrogen) atoms. The van der Waals surface area contributed by atoms with Gasteiger partial charge in [0.1, 0.15) is 0 Å². The standard InChI is InChI=1S/C17H27BrN2O/c1-2-10-19-17(15-5-3-4-6-16(15)18)9-11-20(12-13-21)14-7-8-14/h3-6,14,17,19,21H,2,7-13H2,1H3. The lowest BCUT2D eigenvalue weighted by atomic mass is 10.0. The fourth-order valence-electron chi connectivity index (χ4n) is 2.78. The average molecular weight is 355 g/mol. The van der Waals surface area contributed by atoms with Crippen molar-refractivity contribution in [3.05, 3.63) is 34.3 Å². The Bertz CT molecular complexity index is 423. The summed E-state index contributed by atoms with van der Waals surface area (Å²) in [4.78, 5) is 2.44. The molecule has 0 aliphatic heterocycles. The molecule has 0 aromatic heterocycles. The van der Waals surface area contributed by atoms with Crippen LogP contribution in [-0.4, -0.2) is 42.3 Å². The van der Waals surface area contributed by atoms with Crippen molar-refractivity contribution in [2.75, 3.05) is 26.2 Å². The summed E-state index contributed by atoms with van der Waals surface area (Å²) in [5, 5.41) is 12.9. The normalized spacial score (nSPS) is 16.4. The molecule has 0 saturated heterocycles. The van der Waals surface area contributed by atoms with E-state index in [1.54, 1.807) is 0 Å². The number of hydrogen-bond acceptors (Lipinski definition) is 3. The first-order valence-corrected chi connectivity index (χ1v) is 8.88. The van der Waals surface area contributed by atoms with E-state index in [1.807, 2.05) is 0 Å². The van der Waals surface area contributed by atoms with Gasteiger partial charge in [-0.1, -0.05) is 41.1 Å². The second kappa shape index (κ2) is 8.89. The van der Waals surface area contributed by atoms with Crippen LogP contribution in [-0.2, 0) is 0 Å². The van der Waals surface area contributed by atoms with E-state index in [2.05, 4.69) is 57.3 Å². The molecule has 1 aliphatic carbocycles. The van der Waals surface area contributed by atoms with Crippen molar-refractivity contribution in [3.63, 3.8) is 0 Å². The smallest absolute Gasteiger partial charge is 0.0558 e. The molecule has 2 N–H and O–H groups in total. The fraction of sp³-hybridized carbons (Fsp3) is 0.647. The Morgan fingerprint density at radius 2 is 2.10 bits per heavy atom. The van der Waals surface area contributed by atoms with Gasteiger partial charge in [0.05, 0.1) is 6.61 Å². The predicted molar refractivity (Wildman–Crippen MR) is 91.5 cm³/mol. The lowest BCUT2D eigenvalue weighted by molar-refractivity contribution is 0.182. The van der Waals surface area contributed by atoms with Crippen LogP contribution in [0.3, 0.4) is 0 Å². The van der Waals surface area contributed by atoms with Crippen LogP contribution in [0.5, 0.6) is 0 Å². The molecule has 118 valence electrons. The highest BCUT2D eigenvalue weighted by Gasteiger charge is 2.28. The van der Waals surface area contributed by atoms with Crippen LogP contribution in [0.2, 0.25) is 0 Å². The van der Waals surface area contributed by atoms with Gasteiger partial charge in [0, 0.05) is 29.6 Å². The van der Waals surface area contributed by atoms with Crippen LogP contribution in [0.15, 0.2) is 28.7 Å². The van der Waals surface area contributed by atoms with Crippen molar-refractivity contribution >= 4 is 15.9 Å². The summed E-state index contributed by atoms with van der Waals surface area (Å²) in [6, 6.07) is 9.57. The number of halogens is 1. The minimum atomic E-state index is 0.262. The van der Waals surface area contributed by atoms with E-state index < -0.39 is 0 Å². The third-order valence-corrected chi connectivity index (χ3v) is 4.80. The first kappa shape index (κ1) is 16.9. The molecule has 1 fully saturated rings. The van der Waals surface area contributed by atoms with Crippen molar-refractivity contribution in [1.82, 2.24) is 10.2 Å². The zero-order valence-electron chi connectivity index (χ0n) is 12.9. The molecule has 0 radical (unpaired) electrons. The number of hydrogen-bond donors (Lipinski definition) is 2. The van der Waals surface area contributed by atoms with Gasteiger partial charge in [-0.05, 0) is 43.9 Å². The van der Waals surface area contributed by atoms with Crippen LogP contribution in [0, 0.1) is 0 Å². The summed E-state index contributed by atoms with van der Waals surface area (Å²) in [7, 11) is 0. The van der Waals surface area contributed by atoms with E-state index in [0.29, 0.717) is 12.1 Å². The molecule has 4 heteroatoms. The highest BCUT2D eigenvalue weighted by molar-refractivity contribution is 9.10. The third kappa shape index (κ3) is 5.37. The monoisotopic (exact) mass is 354 g/mol. The summed E-state index contributed by atoms with van der Waals surface area (Å²) in [5.74, 6) is 0. The first-order chi connectivity index (χ1) is 10.3. The van der Waals surface area contributed by atoms with Gasteiger partial charge in [-0.25, -0.2) is 0 Å².